The van der Waals surface area contributed by atoms with Crippen LogP contribution < -0.4 is 14.8 Å². The Bertz CT molecular complexity index is 892. The van der Waals surface area contributed by atoms with Crippen molar-refractivity contribution >= 4 is 21.6 Å². The molecule has 0 unspecified atom stereocenters. The zero-order valence-electron chi connectivity index (χ0n) is 14.7. The Morgan fingerprint density at radius 1 is 1.12 bits per heavy atom. The van der Waals surface area contributed by atoms with Gasteiger partial charge in [0.1, 0.15) is 10.6 Å². The quantitative estimate of drug-likeness (QED) is 0.827. The zero-order chi connectivity index (χ0) is 18.6. The molecular weight excluding hydrogens is 340 g/mol. The van der Waals surface area contributed by atoms with Gasteiger partial charge in [-0.15, -0.1) is 0 Å². The van der Waals surface area contributed by atoms with Gasteiger partial charge in [0.25, 0.3) is 5.91 Å². The molecule has 0 radical (unpaired) electrons. The number of ether oxygens (including phenoxy) is 1. The molecule has 0 bridgehead atoms. The number of anilines is 1. The minimum absolute atomic E-state index is 0.0644. The highest BCUT2D eigenvalue weighted by atomic mass is 32.2. The highest BCUT2D eigenvalue weighted by molar-refractivity contribution is 7.89. The average Bonchev–Trinajstić information content (AvgIpc) is 2.57. The van der Waals surface area contributed by atoms with E-state index in [9.17, 15) is 13.2 Å². The number of hydrogen-bond acceptors (Lipinski definition) is 4. The van der Waals surface area contributed by atoms with Crippen molar-refractivity contribution in [3.05, 3.63) is 53.1 Å². The molecule has 0 fully saturated rings. The summed E-state index contributed by atoms with van der Waals surface area (Å²) in [6.45, 7) is 5.75. The second-order valence-electron chi connectivity index (χ2n) is 5.64. The van der Waals surface area contributed by atoms with Crippen LogP contribution in [-0.2, 0) is 10.0 Å². The second kappa shape index (κ2) is 7.67. The van der Waals surface area contributed by atoms with Gasteiger partial charge in [-0.2, -0.15) is 0 Å². The molecule has 25 heavy (non-hydrogen) atoms. The summed E-state index contributed by atoms with van der Waals surface area (Å²) in [5.74, 6) is -0.200. The molecular formula is C18H22N2O4S. The van der Waals surface area contributed by atoms with Crippen LogP contribution in [0.25, 0.3) is 0 Å². The van der Waals surface area contributed by atoms with Gasteiger partial charge in [-0.25, -0.2) is 13.1 Å². The van der Waals surface area contributed by atoms with Crippen molar-refractivity contribution in [2.75, 3.05) is 19.0 Å². The molecule has 0 atom stereocenters. The summed E-state index contributed by atoms with van der Waals surface area (Å²) in [5, 5.41) is 2.82. The highest BCUT2D eigenvalue weighted by Gasteiger charge is 2.21. The molecule has 0 aliphatic carbocycles. The van der Waals surface area contributed by atoms with Crippen molar-refractivity contribution in [2.45, 2.75) is 25.7 Å². The van der Waals surface area contributed by atoms with E-state index in [0.29, 0.717) is 5.69 Å². The molecule has 0 saturated heterocycles. The molecule has 2 rings (SSSR count). The Balaban J connectivity index is 2.39. The number of carbonyl (C=O) groups excluding carboxylic acids is 1. The maximum atomic E-state index is 12.5. The Labute approximate surface area is 148 Å². The Morgan fingerprint density at radius 3 is 2.48 bits per heavy atom. The first-order valence-electron chi connectivity index (χ1n) is 7.84. The van der Waals surface area contributed by atoms with E-state index in [-0.39, 0.29) is 28.7 Å². The largest absolute Gasteiger partial charge is 0.495 e. The van der Waals surface area contributed by atoms with E-state index < -0.39 is 10.0 Å². The van der Waals surface area contributed by atoms with Gasteiger partial charge in [-0.1, -0.05) is 19.1 Å². The van der Waals surface area contributed by atoms with Crippen molar-refractivity contribution in [2.24, 2.45) is 0 Å². The molecule has 0 heterocycles. The smallest absolute Gasteiger partial charge is 0.255 e. The van der Waals surface area contributed by atoms with Crippen molar-refractivity contribution in [1.29, 1.82) is 0 Å². The summed E-state index contributed by atoms with van der Waals surface area (Å²) in [6.07, 6.45) is 0. The molecule has 2 aromatic carbocycles. The molecule has 2 N–H and O–H groups in total. The van der Waals surface area contributed by atoms with Crippen LogP contribution in [0.4, 0.5) is 5.69 Å². The number of hydrogen-bond donors (Lipinski definition) is 2. The summed E-state index contributed by atoms with van der Waals surface area (Å²) in [5.41, 5.74) is 2.87. The molecule has 0 aromatic heterocycles. The summed E-state index contributed by atoms with van der Waals surface area (Å²) >= 11 is 0. The molecule has 1 amide bonds. The van der Waals surface area contributed by atoms with Gasteiger partial charge in [0.05, 0.1) is 7.11 Å². The summed E-state index contributed by atoms with van der Waals surface area (Å²) in [4.78, 5) is 12.5. The normalized spacial score (nSPS) is 11.2. The van der Waals surface area contributed by atoms with Crippen LogP contribution in [0.2, 0.25) is 0 Å². The summed E-state index contributed by atoms with van der Waals surface area (Å²) in [7, 11) is -2.37. The lowest BCUT2D eigenvalue weighted by molar-refractivity contribution is 0.102. The summed E-state index contributed by atoms with van der Waals surface area (Å²) < 4.78 is 32.2. The highest BCUT2D eigenvalue weighted by Crippen LogP contribution is 2.25. The number of rotatable bonds is 6. The first-order chi connectivity index (χ1) is 11.8. The van der Waals surface area contributed by atoms with E-state index in [2.05, 4.69) is 10.0 Å². The van der Waals surface area contributed by atoms with Crippen LogP contribution in [0, 0.1) is 13.8 Å². The van der Waals surface area contributed by atoms with E-state index >= 15 is 0 Å². The molecule has 2 aromatic rings. The van der Waals surface area contributed by atoms with Gasteiger partial charge in [-0.3, -0.25) is 4.79 Å². The molecule has 7 heteroatoms. The fourth-order valence-electron chi connectivity index (χ4n) is 2.36. The predicted octanol–water partition coefficient (Wildman–Crippen LogP) is 2.86. The van der Waals surface area contributed by atoms with Crippen molar-refractivity contribution in [3.63, 3.8) is 0 Å². The van der Waals surface area contributed by atoms with E-state index in [4.69, 9.17) is 4.74 Å². The standard InChI is InChI=1S/C18H22N2O4S/c1-5-19-25(22,23)17-11-14(8-9-16(17)24-4)18(21)20-15-10-12(2)6-7-13(15)3/h6-11,19H,5H2,1-4H3,(H,20,21). The third-order valence-corrected chi connectivity index (χ3v) is 5.26. The van der Waals surface area contributed by atoms with Crippen molar-refractivity contribution < 1.29 is 17.9 Å². The second-order valence-corrected chi connectivity index (χ2v) is 7.37. The summed E-state index contributed by atoms with van der Waals surface area (Å²) in [6, 6.07) is 10.1. The lowest BCUT2D eigenvalue weighted by Crippen LogP contribution is -2.24. The number of benzene rings is 2. The van der Waals surface area contributed by atoms with Crippen molar-refractivity contribution in [3.8, 4) is 5.75 Å². The number of aryl methyl sites for hydroxylation is 2. The molecule has 0 saturated carbocycles. The minimum atomic E-state index is -3.75. The van der Waals surface area contributed by atoms with E-state index in [1.165, 1.54) is 25.3 Å². The van der Waals surface area contributed by atoms with E-state index in [1.54, 1.807) is 6.92 Å². The van der Waals surface area contributed by atoms with Gasteiger partial charge < -0.3 is 10.1 Å². The maximum absolute atomic E-state index is 12.5. The Kier molecular flexibility index (Phi) is 5.81. The zero-order valence-corrected chi connectivity index (χ0v) is 15.5. The Hall–Kier alpha value is -2.38. The topological polar surface area (TPSA) is 84.5 Å². The fraction of sp³-hybridized carbons (Fsp3) is 0.278. The molecule has 0 aliphatic rings. The lowest BCUT2D eigenvalue weighted by atomic mass is 10.1. The number of nitrogens with one attached hydrogen (secondary N) is 2. The van der Waals surface area contributed by atoms with Gasteiger partial charge >= 0.3 is 0 Å². The average molecular weight is 362 g/mol. The number of sulfonamides is 1. The molecule has 0 aliphatic heterocycles. The fourth-order valence-corrected chi connectivity index (χ4v) is 3.59. The monoisotopic (exact) mass is 362 g/mol. The first-order valence-corrected chi connectivity index (χ1v) is 9.33. The number of carbonyl (C=O) groups is 1. The minimum Gasteiger partial charge on any atom is -0.495 e. The SMILES string of the molecule is CCNS(=O)(=O)c1cc(C(=O)Nc2cc(C)ccc2C)ccc1OC. The molecule has 134 valence electrons. The lowest BCUT2D eigenvalue weighted by Gasteiger charge is -2.13. The van der Waals surface area contributed by atoms with E-state index in [0.717, 1.165) is 11.1 Å². The predicted molar refractivity (Wildman–Crippen MR) is 97.7 cm³/mol. The molecule has 6 nitrogen and oxygen atoms in total. The van der Waals surface area contributed by atoms with Crippen LogP contribution in [0.5, 0.6) is 5.75 Å². The third kappa shape index (κ3) is 4.37. The van der Waals surface area contributed by atoms with Gasteiger partial charge in [0.2, 0.25) is 10.0 Å². The van der Waals surface area contributed by atoms with Gasteiger partial charge in [0, 0.05) is 17.8 Å². The molecule has 0 spiro atoms. The van der Waals surface area contributed by atoms with Crippen LogP contribution >= 0.6 is 0 Å². The van der Waals surface area contributed by atoms with Gasteiger partial charge in [0.15, 0.2) is 0 Å². The van der Waals surface area contributed by atoms with Gasteiger partial charge in [-0.05, 0) is 49.2 Å². The van der Waals surface area contributed by atoms with Crippen LogP contribution in [0.15, 0.2) is 41.3 Å². The number of methoxy groups -OCH3 is 1. The van der Waals surface area contributed by atoms with Crippen LogP contribution in [0.3, 0.4) is 0 Å². The first kappa shape index (κ1) is 19.0. The van der Waals surface area contributed by atoms with Crippen LogP contribution in [0.1, 0.15) is 28.4 Å². The third-order valence-electron chi connectivity index (χ3n) is 3.69. The number of amides is 1. The van der Waals surface area contributed by atoms with Crippen molar-refractivity contribution in [1.82, 2.24) is 4.72 Å². The van der Waals surface area contributed by atoms with E-state index in [1.807, 2.05) is 32.0 Å². The maximum Gasteiger partial charge on any atom is 0.255 e. The Morgan fingerprint density at radius 2 is 1.84 bits per heavy atom. The van der Waals surface area contributed by atoms with Crippen LogP contribution in [-0.4, -0.2) is 28.0 Å².